The largest absolute Gasteiger partial charge is 0.480 e. The Morgan fingerprint density at radius 1 is 1.18 bits per heavy atom. The first-order valence-electron chi connectivity index (χ1n) is 10.4. The number of carbonyl (C=O) groups excluding carboxylic acids is 1. The standard InChI is InChI=1S/C22H25N3O6S2/c1-4-23-21(28)24-13-5-7-15-16-12-14(6-8-17(16)31-18(15)11-13)33(29,30)25-9-10-32-22(2,3)19(25)20(26)27/h5-8,11-12,19H,4,9-10H2,1-3H3,(H,26,27)(H2,23,24,28). The average Bonchev–Trinajstić information content (AvgIpc) is 3.09. The number of fused-ring (bicyclic) bond motifs is 3. The van der Waals surface area contributed by atoms with Crippen molar-refractivity contribution in [3.63, 3.8) is 0 Å². The Labute approximate surface area is 195 Å². The predicted molar refractivity (Wildman–Crippen MR) is 128 cm³/mol. The highest BCUT2D eigenvalue weighted by molar-refractivity contribution is 8.00. The first-order valence-corrected chi connectivity index (χ1v) is 12.9. The summed E-state index contributed by atoms with van der Waals surface area (Å²) in [5.74, 6) is -0.661. The van der Waals surface area contributed by atoms with Crippen LogP contribution in [0.2, 0.25) is 0 Å². The zero-order valence-electron chi connectivity index (χ0n) is 18.4. The fourth-order valence-electron chi connectivity index (χ4n) is 4.10. The van der Waals surface area contributed by atoms with Crippen LogP contribution in [-0.4, -0.2) is 59.5 Å². The van der Waals surface area contributed by atoms with Crippen molar-refractivity contribution in [1.82, 2.24) is 9.62 Å². The first-order chi connectivity index (χ1) is 15.5. The molecule has 4 rings (SSSR count). The molecule has 0 radical (unpaired) electrons. The molecule has 1 atom stereocenters. The molecule has 0 saturated carbocycles. The van der Waals surface area contributed by atoms with Crippen molar-refractivity contribution in [2.45, 2.75) is 36.5 Å². The van der Waals surface area contributed by atoms with Gasteiger partial charge in [0.2, 0.25) is 10.0 Å². The van der Waals surface area contributed by atoms with Crippen LogP contribution in [0.3, 0.4) is 0 Å². The lowest BCUT2D eigenvalue weighted by molar-refractivity contribution is -0.142. The van der Waals surface area contributed by atoms with Crippen LogP contribution >= 0.6 is 11.8 Å². The molecule has 3 N–H and O–H groups in total. The zero-order chi connectivity index (χ0) is 24.0. The summed E-state index contributed by atoms with van der Waals surface area (Å²) in [7, 11) is -4.06. The molecule has 3 aromatic rings. The highest BCUT2D eigenvalue weighted by Crippen LogP contribution is 2.39. The van der Waals surface area contributed by atoms with E-state index in [0.717, 1.165) is 4.31 Å². The molecule has 1 fully saturated rings. The van der Waals surface area contributed by atoms with Crippen molar-refractivity contribution >= 4 is 61.4 Å². The monoisotopic (exact) mass is 491 g/mol. The summed E-state index contributed by atoms with van der Waals surface area (Å²) in [4.78, 5) is 23.8. The molecule has 11 heteroatoms. The van der Waals surface area contributed by atoms with Gasteiger partial charge in [-0.25, -0.2) is 13.2 Å². The third kappa shape index (κ3) is 4.28. The summed E-state index contributed by atoms with van der Waals surface area (Å²) >= 11 is 1.45. The number of nitrogens with one attached hydrogen (secondary N) is 2. The van der Waals surface area contributed by atoms with E-state index in [1.54, 1.807) is 38.1 Å². The molecule has 0 aliphatic carbocycles. The maximum Gasteiger partial charge on any atom is 0.323 e. The molecule has 1 unspecified atom stereocenters. The van der Waals surface area contributed by atoms with Crippen LogP contribution in [0.1, 0.15) is 20.8 Å². The quantitative estimate of drug-likeness (QED) is 0.496. The number of anilines is 1. The Bertz CT molecular complexity index is 1350. The topological polar surface area (TPSA) is 129 Å². The molecule has 1 aromatic heterocycles. The highest BCUT2D eigenvalue weighted by Gasteiger charge is 2.48. The second-order valence-electron chi connectivity index (χ2n) is 8.26. The van der Waals surface area contributed by atoms with Gasteiger partial charge in [-0.3, -0.25) is 4.79 Å². The van der Waals surface area contributed by atoms with Gasteiger partial charge >= 0.3 is 12.0 Å². The van der Waals surface area contributed by atoms with Crippen molar-refractivity contribution in [2.75, 3.05) is 24.2 Å². The molecule has 1 saturated heterocycles. The molecule has 2 heterocycles. The summed E-state index contributed by atoms with van der Waals surface area (Å²) < 4.78 is 33.2. The Kier molecular flexibility index (Phi) is 6.06. The highest BCUT2D eigenvalue weighted by atomic mass is 32.2. The van der Waals surface area contributed by atoms with Crippen LogP contribution in [-0.2, 0) is 14.8 Å². The van der Waals surface area contributed by atoms with Gasteiger partial charge in [-0.05, 0) is 51.1 Å². The molecule has 2 amide bonds. The van der Waals surface area contributed by atoms with Gasteiger partial charge in [0.15, 0.2) is 0 Å². The summed E-state index contributed by atoms with van der Waals surface area (Å²) in [6.07, 6.45) is 0. The average molecular weight is 492 g/mol. The lowest BCUT2D eigenvalue weighted by Crippen LogP contribution is -2.58. The summed E-state index contributed by atoms with van der Waals surface area (Å²) in [6, 6.07) is 8.13. The third-order valence-electron chi connectivity index (χ3n) is 5.61. The molecule has 1 aliphatic rings. The van der Waals surface area contributed by atoms with Gasteiger partial charge in [0, 0.05) is 46.1 Å². The Hall–Kier alpha value is -2.76. The van der Waals surface area contributed by atoms with Crippen LogP contribution < -0.4 is 10.6 Å². The number of carboxylic acid groups (broad SMARTS) is 1. The van der Waals surface area contributed by atoms with E-state index in [1.165, 1.54) is 23.9 Å². The number of nitrogens with zero attached hydrogens (tertiary/aromatic N) is 1. The van der Waals surface area contributed by atoms with Gasteiger partial charge in [-0.15, -0.1) is 0 Å². The van der Waals surface area contributed by atoms with Crippen molar-refractivity contribution in [3.8, 4) is 0 Å². The lowest BCUT2D eigenvalue weighted by Gasteiger charge is -2.42. The van der Waals surface area contributed by atoms with Gasteiger partial charge in [-0.1, -0.05) is 0 Å². The zero-order valence-corrected chi connectivity index (χ0v) is 20.0. The fraction of sp³-hybridized carbons (Fsp3) is 0.364. The molecule has 0 spiro atoms. The number of carboxylic acids is 1. The fourth-order valence-corrected chi connectivity index (χ4v) is 7.22. The van der Waals surface area contributed by atoms with Crippen molar-refractivity contribution < 1.29 is 27.5 Å². The molecule has 176 valence electrons. The van der Waals surface area contributed by atoms with Crippen molar-refractivity contribution in [3.05, 3.63) is 36.4 Å². The summed E-state index contributed by atoms with van der Waals surface area (Å²) in [6.45, 7) is 5.92. The van der Waals surface area contributed by atoms with Gasteiger partial charge in [0.1, 0.15) is 17.2 Å². The van der Waals surface area contributed by atoms with Crippen molar-refractivity contribution in [2.24, 2.45) is 0 Å². The lowest BCUT2D eigenvalue weighted by atomic mass is 10.0. The molecule has 0 bridgehead atoms. The van der Waals surface area contributed by atoms with Crippen molar-refractivity contribution in [1.29, 1.82) is 0 Å². The van der Waals surface area contributed by atoms with Crippen LogP contribution in [0.25, 0.3) is 21.9 Å². The van der Waals surface area contributed by atoms with Gasteiger partial charge < -0.3 is 20.2 Å². The van der Waals surface area contributed by atoms with Crippen LogP contribution in [0.15, 0.2) is 45.7 Å². The smallest absolute Gasteiger partial charge is 0.323 e. The maximum absolute atomic E-state index is 13.5. The number of carbonyl (C=O) groups is 2. The van der Waals surface area contributed by atoms with Gasteiger partial charge in [0.25, 0.3) is 0 Å². The maximum atomic E-state index is 13.5. The number of hydrogen-bond acceptors (Lipinski definition) is 6. The van der Waals surface area contributed by atoms with Crippen LogP contribution in [0, 0.1) is 0 Å². The van der Waals surface area contributed by atoms with E-state index in [4.69, 9.17) is 4.42 Å². The van der Waals surface area contributed by atoms with Crippen LogP contribution in [0.5, 0.6) is 0 Å². The number of hydrogen-bond donors (Lipinski definition) is 3. The van der Waals surface area contributed by atoms with Gasteiger partial charge in [-0.2, -0.15) is 16.1 Å². The van der Waals surface area contributed by atoms with E-state index in [-0.39, 0.29) is 17.5 Å². The number of benzene rings is 2. The van der Waals surface area contributed by atoms with Crippen LogP contribution in [0.4, 0.5) is 10.5 Å². The van der Waals surface area contributed by atoms with E-state index in [2.05, 4.69) is 10.6 Å². The summed E-state index contributed by atoms with van der Waals surface area (Å²) in [5, 5.41) is 16.4. The number of sulfonamides is 1. The number of amides is 2. The second kappa shape index (κ2) is 8.54. The van der Waals surface area contributed by atoms with E-state index in [1.807, 2.05) is 6.92 Å². The number of thioether (sulfide) groups is 1. The summed E-state index contributed by atoms with van der Waals surface area (Å²) in [5.41, 5.74) is 1.52. The number of furan rings is 1. The normalized spacial score (nSPS) is 18.9. The number of rotatable bonds is 5. The van der Waals surface area contributed by atoms with E-state index in [0.29, 0.717) is 39.9 Å². The minimum Gasteiger partial charge on any atom is -0.480 e. The minimum absolute atomic E-state index is 0.0103. The predicted octanol–water partition coefficient (Wildman–Crippen LogP) is 3.70. The van der Waals surface area contributed by atoms with E-state index in [9.17, 15) is 23.1 Å². The van der Waals surface area contributed by atoms with Gasteiger partial charge in [0.05, 0.1) is 4.90 Å². The molecule has 2 aromatic carbocycles. The Balaban J connectivity index is 1.74. The number of urea groups is 1. The Morgan fingerprint density at radius 2 is 1.94 bits per heavy atom. The first kappa shape index (κ1) is 23.4. The van der Waals surface area contributed by atoms with E-state index < -0.39 is 26.8 Å². The SMILES string of the molecule is CCNC(=O)Nc1ccc2c(c1)oc1ccc(S(=O)(=O)N3CCSC(C)(C)C3C(=O)O)cc12. The minimum atomic E-state index is -4.06. The number of aliphatic carboxylic acids is 1. The third-order valence-corrected chi connectivity index (χ3v) is 8.83. The molecule has 33 heavy (non-hydrogen) atoms. The Morgan fingerprint density at radius 3 is 2.64 bits per heavy atom. The molecular formula is C22H25N3O6S2. The van der Waals surface area contributed by atoms with E-state index >= 15 is 0 Å². The molecule has 9 nitrogen and oxygen atoms in total. The molecule has 1 aliphatic heterocycles. The molecular weight excluding hydrogens is 466 g/mol. The second-order valence-corrected chi connectivity index (χ2v) is 11.9.